The largest absolute Gasteiger partial charge is 0.458 e. The van der Waals surface area contributed by atoms with Gasteiger partial charge in [0.15, 0.2) is 6.10 Å². The lowest BCUT2D eigenvalue weighted by atomic mass is 9.69. The zero-order chi connectivity index (χ0) is 30.8. The zero-order valence-electron chi connectivity index (χ0n) is 25.0. The zero-order valence-corrected chi connectivity index (χ0v) is 25.7. The molecule has 3 aliphatic rings. The number of aromatic amines is 1. The van der Waals surface area contributed by atoms with Crippen molar-refractivity contribution in [3.63, 3.8) is 0 Å². The van der Waals surface area contributed by atoms with Gasteiger partial charge in [0.1, 0.15) is 36.0 Å². The smallest absolute Gasteiger partial charge is 0.355 e. The van der Waals surface area contributed by atoms with Crippen LogP contribution in [-0.4, -0.2) is 83.2 Å². The number of hydrogen-bond donors (Lipinski definition) is 2. The average molecular weight is 608 g/mol. The number of methoxy groups -OCH3 is 1. The molecule has 1 spiro atoms. The van der Waals surface area contributed by atoms with E-state index in [2.05, 4.69) is 17.1 Å². The Morgan fingerprint density at radius 2 is 1.95 bits per heavy atom. The van der Waals surface area contributed by atoms with Crippen LogP contribution in [0.1, 0.15) is 57.9 Å². The number of H-pyrrole nitrogens is 1. The summed E-state index contributed by atoms with van der Waals surface area (Å²) in [4.78, 5) is 41.2. The molecule has 1 aromatic rings. The molecule has 42 heavy (non-hydrogen) atoms. The topological polar surface area (TPSA) is 133 Å². The number of carbonyl (C=O) groups excluding carboxylic acids is 3. The monoisotopic (exact) mass is 607 g/mol. The fourth-order valence-electron chi connectivity index (χ4n) is 6.51. The van der Waals surface area contributed by atoms with Gasteiger partial charge < -0.3 is 33.8 Å². The molecule has 0 amide bonds. The number of carbonyl (C=O) groups is 3. The van der Waals surface area contributed by atoms with Crippen molar-refractivity contribution >= 4 is 29.5 Å². The molecular formula is C31H42ClNO9. The number of aromatic nitrogens is 1. The predicted octanol–water partition coefficient (Wildman–Crippen LogP) is 3.97. The van der Waals surface area contributed by atoms with E-state index in [0.717, 1.165) is 5.57 Å². The highest BCUT2D eigenvalue weighted by Gasteiger charge is 2.57. The molecule has 2 aliphatic heterocycles. The minimum Gasteiger partial charge on any atom is -0.458 e. The third-order valence-corrected chi connectivity index (χ3v) is 9.23. The quantitative estimate of drug-likeness (QED) is 0.185. The highest BCUT2D eigenvalue weighted by Crippen LogP contribution is 2.53. The van der Waals surface area contributed by atoms with Crippen LogP contribution in [0.25, 0.3) is 0 Å². The van der Waals surface area contributed by atoms with Crippen LogP contribution in [0.4, 0.5) is 0 Å². The lowest BCUT2D eigenvalue weighted by Crippen LogP contribution is -2.48. The lowest BCUT2D eigenvalue weighted by Gasteiger charge is -2.41. The number of alkyl halides is 1. The van der Waals surface area contributed by atoms with Crippen molar-refractivity contribution in [1.82, 2.24) is 4.98 Å². The number of cyclic esters (lactones) is 1. The van der Waals surface area contributed by atoms with Crippen molar-refractivity contribution < 1.29 is 43.2 Å². The van der Waals surface area contributed by atoms with Gasteiger partial charge in [-0.25, -0.2) is 9.59 Å². The SMILES string of the molecule is CO[C@H]1C[C@H]2C=C[C@@H]3C[C@]2(O[C@H]3[C@H](OC(=O)c2ccc[nH]2)[C@H](C)[C@H](C)O)/C(C)=C/[C@@H](C)[C@@H]([C@@H](C)OC(=O)CCl)OC1=O. The molecule has 0 radical (unpaired) electrons. The Morgan fingerprint density at radius 3 is 2.57 bits per heavy atom. The molecule has 11 atom stereocenters. The third kappa shape index (κ3) is 6.46. The number of aliphatic hydroxyl groups excluding tert-OH is 1. The molecule has 2 N–H and O–H groups in total. The van der Waals surface area contributed by atoms with E-state index in [0.29, 0.717) is 12.1 Å². The van der Waals surface area contributed by atoms with Gasteiger partial charge in [0.2, 0.25) is 0 Å². The molecule has 10 nitrogen and oxygen atoms in total. The van der Waals surface area contributed by atoms with Gasteiger partial charge in [0.05, 0.1) is 11.7 Å². The molecule has 4 rings (SSSR count). The van der Waals surface area contributed by atoms with Gasteiger partial charge in [-0.1, -0.05) is 32.1 Å². The van der Waals surface area contributed by atoms with Crippen molar-refractivity contribution in [1.29, 1.82) is 0 Å². The highest BCUT2D eigenvalue weighted by atomic mass is 35.5. The van der Waals surface area contributed by atoms with Crippen LogP contribution in [0, 0.1) is 23.7 Å². The van der Waals surface area contributed by atoms with Crippen LogP contribution in [0.2, 0.25) is 0 Å². The molecular weight excluding hydrogens is 566 g/mol. The van der Waals surface area contributed by atoms with E-state index in [1.54, 1.807) is 32.2 Å². The Hall–Kier alpha value is -2.66. The van der Waals surface area contributed by atoms with E-state index in [-0.39, 0.29) is 30.1 Å². The van der Waals surface area contributed by atoms with Crippen LogP contribution in [0.5, 0.6) is 0 Å². The predicted molar refractivity (Wildman–Crippen MR) is 154 cm³/mol. The molecule has 0 unspecified atom stereocenters. The second-order valence-electron chi connectivity index (χ2n) is 11.8. The molecule has 0 saturated carbocycles. The fourth-order valence-corrected chi connectivity index (χ4v) is 6.57. The number of rotatable bonds is 9. The summed E-state index contributed by atoms with van der Waals surface area (Å²) in [5.41, 5.74) is 0.401. The Kier molecular flexibility index (Phi) is 10.2. The fraction of sp³-hybridized carbons (Fsp3) is 0.645. The van der Waals surface area contributed by atoms with E-state index >= 15 is 0 Å². The van der Waals surface area contributed by atoms with E-state index in [4.69, 9.17) is 35.3 Å². The standard InChI is InChI=1S/C31H42ClNO9/c1-16-12-17(2)31-14-21(28(42-31)27(18(3)19(4)34)41-29(36)23-8-7-11-33-23)9-10-22(31)13-24(38-6)30(37)40-26(16)20(5)39-25(35)15-32/h7-12,16,18-22,24,26-28,33-34H,13-15H2,1-6H3/b17-12+/t16-,18-,19+,20-,21-,22-,24+,26+,27-,28-,31+/m1/s1. The van der Waals surface area contributed by atoms with Crippen LogP contribution in [0.15, 0.2) is 42.1 Å². The van der Waals surface area contributed by atoms with Gasteiger partial charge in [-0.3, -0.25) is 4.79 Å². The molecule has 0 aromatic carbocycles. The van der Waals surface area contributed by atoms with Crippen molar-refractivity contribution in [2.24, 2.45) is 23.7 Å². The molecule has 1 aromatic heterocycles. The first-order chi connectivity index (χ1) is 19.9. The highest BCUT2D eigenvalue weighted by molar-refractivity contribution is 6.26. The second kappa shape index (κ2) is 13.3. The van der Waals surface area contributed by atoms with E-state index < -0.39 is 66.1 Å². The Morgan fingerprint density at radius 1 is 1.21 bits per heavy atom. The number of halogens is 1. The normalized spacial score (nSPS) is 35.0. The summed E-state index contributed by atoms with van der Waals surface area (Å²) in [5, 5.41) is 10.6. The number of aliphatic hydroxyl groups is 1. The molecule has 1 saturated heterocycles. The summed E-state index contributed by atoms with van der Waals surface area (Å²) < 4.78 is 29.9. The maximum Gasteiger partial charge on any atom is 0.355 e. The van der Waals surface area contributed by atoms with Crippen molar-refractivity contribution in [2.45, 2.75) is 89.7 Å². The number of nitrogens with one attached hydrogen (secondary N) is 1. The Labute approximate surface area is 251 Å². The second-order valence-corrected chi connectivity index (χ2v) is 12.1. The van der Waals surface area contributed by atoms with Gasteiger partial charge in [-0.15, -0.1) is 11.6 Å². The van der Waals surface area contributed by atoms with E-state index in [1.165, 1.54) is 7.11 Å². The minimum atomic E-state index is -0.898. The van der Waals surface area contributed by atoms with Crippen LogP contribution >= 0.6 is 11.6 Å². The first kappa shape index (κ1) is 32.3. The molecule has 232 valence electrons. The first-order valence-electron chi connectivity index (χ1n) is 14.5. The van der Waals surface area contributed by atoms with Crippen molar-refractivity contribution in [2.75, 3.05) is 13.0 Å². The number of ether oxygens (including phenoxy) is 5. The van der Waals surface area contributed by atoms with E-state index in [9.17, 15) is 19.5 Å². The number of esters is 3. The number of fused-ring (bicyclic) bond motifs is 1. The average Bonchev–Trinajstić information content (AvgIpc) is 3.60. The summed E-state index contributed by atoms with van der Waals surface area (Å²) in [7, 11) is 1.45. The lowest BCUT2D eigenvalue weighted by molar-refractivity contribution is -0.178. The maximum atomic E-state index is 13.3. The van der Waals surface area contributed by atoms with Crippen LogP contribution < -0.4 is 0 Å². The van der Waals surface area contributed by atoms with Gasteiger partial charge in [-0.2, -0.15) is 0 Å². The third-order valence-electron chi connectivity index (χ3n) is 9.02. The summed E-state index contributed by atoms with van der Waals surface area (Å²) in [5.74, 6) is -3.16. The van der Waals surface area contributed by atoms with Crippen molar-refractivity contribution in [3.05, 3.63) is 47.8 Å². The number of hydrogen-bond acceptors (Lipinski definition) is 9. The Bertz CT molecular complexity index is 1180. The minimum absolute atomic E-state index is 0.113. The first-order valence-corrected chi connectivity index (χ1v) is 15.0. The maximum absolute atomic E-state index is 13.3. The molecule has 1 aliphatic carbocycles. The van der Waals surface area contributed by atoms with Crippen LogP contribution in [-0.2, 0) is 33.3 Å². The molecule has 11 heteroatoms. The summed E-state index contributed by atoms with van der Waals surface area (Å²) >= 11 is 5.65. The van der Waals surface area contributed by atoms with Gasteiger partial charge >= 0.3 is 17.9 Å². The Balaban J connectivity index is 1.72. The molecule has 1 fully saturated rings. The van der Waals surface area contributed by atoms with Gasteiger partial charge in [0, 0.05) is 37.0 Å². The summed E-state index contributed by atoms with van der Waals surface area (Å²) in [6, 6.07) is 3.35. The summed E-state index contributed by atoms with van der Waals surface area (Å²) in [6.45, 7) is 9.05. The van der Waals surface area contributed by atoms with Crippen LogP contribution in [0.3, 0.4) is 0 Å². The van der Waals surface area contributed by atoms with E-state index in [1.807, 2.05) is 26.8 Å². The molecule has 3 heterocycles. The van der Waals surface area contributed by atoms with Gasteiger partial charge in [0.25, 0.3) is 0 Å². The van der Waals surface area contributed by atoms with Gasteiger partial charge in [-0.05, 0) is 51.3 Å². The van der Waals surface area contributed by atoms with Crippen molar-refractivity contribution in [3.8, 4) is 0 Å². The molecule has 2 bridgehead atoms. The summed E-state index contributed by atoms with van der Waals surface area (Å²) in [6.07, 6.45) is 4.11.